The minimum absolute atomic E-state index is 0.147. The molecule has 0 saturated carbocycles. The van der Waals surface area contributed by atoms with Gasteiger partial charge < -0.3 is 4.74 Å². The zero-order valence-electron chi connectivity index (χ0n) is 10.1. The summed E-state index contributed by atoms with van der Waals surface area (Å²) in [6.45, 7) is 6.15. The molecule has 1 aromatic carbocycles. The van der Waals surface area contributed by atoms with Crippen molar-refractivity contribution in [3.63, 3.8) is 0 Å². The maximum absolute atomic E-state index is 11.8. The second kappa shape index (κ2) is 4.28. The van der Waals surface area contributed by atoms with Crippen LogP contribution in [0.2, 0.25) is 0 Å². The number of carbonyl (C=O) groups excluding carboxylic acids is 1. The number of Topliss-reactive ketones (excluding diaryl/α,β-unsaturated/α-hetero) is 1. The molecular formula is C14H18O2. The normalized spacial score (nSPS) is 19.8. The van der Waals surface area contributed by atoms with Crippen molar-refractivity contribution < 1.29 is 9.53 Å². The van der Waals surface area contributed by atoms with Crippen LogP contribution >= 0.6 is 0 Å². The highest BCUT2D eigenvalue weighted by molar-refractivity contribution is 5.99. The Bertz CT molecular complexity index is 407. The molecule has 0 aromatic heterocycles. The molecule has 1 unspecified atom stereocenters. The van der Waals surface area contributed by atoms with Crippen LogP contribution in [-0.2, 0) is 0 Å². The molecule has 1 atom stereocenters. The first-order valence-corrected chi connectivity index (χ1v) is 5.91. The molecule has 1 aromatic rings. The summed E-state index contributed by atoms with van der Waals surface area (Å²) >= 11 is 0. The molecule has 86 valence electrons. The van der Waals surface area contributed by atoms with Gasteiger partial charge in [-0.15, -0.1) is 0 Å². The predicted octanol–water partition coefficient (Wildman–Crippen LogP) is 3.55. The average Bonchev–Trinajstić information content (AvgIpc) is 2.23. The maximum atomic E-state index is 11.8. The van der Waals surface area contributed by atoms with Crippen molar-refractivity contribution in [2.75, 3.05) is 0 Å². The van der Waals surface area contributed by atoms with Gasteiger partial charge in [-0.05, 0) is 43.9 Å². The predicted molar refractivity (Wildman–Crippen MR) is 64.2 cm³/mol. The third kappa shape index (κ3) is 2.11. The summed E-state index contributed by atoms with van der Waals surface area (Å²) in [5, 5.41) is 0. The Hall–Kier alpha value is -1.31. The highest BCUT2D eigenvalue weighted by atomic mass is 16.5. The zero-order valence-corrected chi connectivity index (χ0v) is 10.1. The fourth-order valence-electron chi connectivity index (χ4n) is 2.19. The van der Waals surface area contributed by atoms with Gasteiger partial charge in [-0.25, -0.2) is 0 Å². The molecule has 1 aliphatic carbocycles. The van der Waals surface area contributed by atoms with Crippen molar-refractivity contribution in [1.29, 1.82) is 0 Å². The molecule has 0 aliphatic heterocycles. The third-order valence-electron chi connectivity index (χ3n) is 3.03. The van der Waals surface area contributed by atoms with Gasteiger partial charge in [0.05, 0.1) is 6.10 Å². The maximum Gasteiger partial charge on any atom is 0.163 e. The van der Waals surface area contributed by atoms with E-state index in [1.807, 2.05) is 32.0 Å². The number of hydrogen-bond acceptors (Lipinski definition) is 2. The summed E-state index contributed by atoms with van der Waals surface area (Å²) in [6, 6.07) is 5.90. The molecule has 16 heavy (non-hydrogen) atoms. The summed E-state index contributed by atoms with van der Waals surface area (Å²) < 4.78 is 5.61. The van der Waals surface area contributed by atoms with Gasteiger partial charge in [-0.1, -0.05) is 13.0 Å². The average molecular weight is 218 g/mol. The molecule has 2 nitrogen and oxygen atoms in total. The highest BCUT2D eigenvalue weighted by Crippen LogP contribution is 2.33. The second-order valence-electron chi connectivity index (χ2n) is 4.78. The lowest BCUT2D eigenvalue weighted by Crippen LogP contribution is -2.14. The molecule has 0 radical (unpaired) electrons. The van der Waals surface area contributed by atoms with Crippen LogP contribution in [0.3, 0.4) is 0 Å². The van der Waals surface area contributed by atoms with Gasteiger partial charge in [0, 0.05) is 12.0 Å². The van der Waals surface area contributed by atoms with Gasteiger partial charge in [0.1, 0.15) is 5.75 Å². The number of fused-ring (bicyclic) bond motifs is 1. The smallest absolute Gasteiger partial charge is 0.163 e. The Balaban J connectivity index is 2.36. The first kappa shape index (κ1) is 11.2. The lowest BCUT2D eigenvalue weighted by molar-refractivity contribution is 0.0967. The van der Waals surface area contributed by atoms with Crippen LogP contribution in [0.4, 0.5) is 0 Å². The van der Waals surface area contributed by atoms with Gasteiger partial charge in [0.15, 0.2) is 5.78 Å². The van der Waals surface area contributed by atoms with E-state index in [4.69, 9.17) is 4.74 Å². The van der Waals surface area contributed by atoms with Gasteiger partial charge in [0.25, 0.3) is 0 Å². The second-order valence-corrected chi connectivity index (χ2v) is 4.78. The highest BCUT2D eigenvalue weighted by Gasteiger charge is 2.22. The van der Waals surface area contributed by atoms with Crippen molar-refractivity contribution in [3.8, 4) is 5.75 Å². The number of benzene rings is 1. The first-order valence-electron chi connectivity index (χ1n) is 5.91. The molecule has 0 fully saturated rings. The number of ketones is 1. The Morgan fingerprint density at radius 1 is 1.38 bits per heavy atom. The Morgan fingerprint density at radius 3 is 2.81 bits per heavy atom. The summed E-state index contributed by atoms with van der Waals surface area (Å²) in [4.78, 5) is 11.8. The lowest BCUT2D eigenvalue weighted by Gasteiger charge is -2.22. The van der Waals surface area contributed by atoms with Crippen LogP contribution in [0.5, 0.6) is 5.75 Å². The van der Waals surface area contributed by atoms with E-state index in [2.05, 4.69) is 6.92 Å². The zero-order chi connectivity index (χ0) is 11.7. The van der Waals surface area contributed by atoms with E-state index in [1.165, 1.54) is 5.56 Å². The molecule has 0 N–H and O–H groups in total. The molecule has 0 heterocycles. The van der Waals surface area contributed by atoms with Gasteiger partial charge in [-0.3, -0.25) is 4.79 Å². The number of carbonyl (C=O) groups is 1. The fourth-order valence-corrected chi connectivity index (χ4v) is 2.19. The van der Waals surface area contributed by atoms with E-state index >= 15 is 0 Å². The largest absolute Gasteiger partial charge is 0.491 e. The molecular weight excluding hydrogens is 200 g/mol. The Kier molecular flexibility index (Phi) is 2.99. The monoisotopic (exact) mass is 218 g/mol. The van der Waals surface area contributed by atoms with E-state index in [9.17, 15) is 4.79 Å². The topological polar surface area (TPSA) is 26.3 Å². The SMILES string of the molecule is CC(C)Oc1ccc2c(c1)C(=O)CCC2C. The van der Waals surface area contributed by atoms with E-state index in [1.54, 1.807) is 0 Å². The molecule has 0 bridgehead atoms. The van der Waals surface area contributed by atoms with E-state index in [0.29, 0.717) is 12.3 Å². The van der Waals surface area contributed by atoms with Crippen LogP contribution in [-0.4, -0.2) is 11.9 Å². The standard InChI is InChI=1S/C14H18O2/c1-9(2)16-11-5-6-12-10(3)4-7-14(15)13(12)8-11/h5-6,8-10H,4,7H2,1-3H3. The van der Waals surface area contributed by atoms with Gasteiger partial charge in [-0.2, -0.15) is 0 Å². The molecule has 1 aliphatic rings. The van der Waals surface area contributed by atoms with Crippen LogP contribution < -0.4 is 4.74 Å². The van der Waals surface area contributed by atoms with Crippen LogP contribution in [0.15, 0.2) is 18.2 Å². The lowest BCUT2D eigenvalue weighted by atomic mass is 9.83. The summed E-state index contributed by atoms with van der Waals surface area (Å²) in [5.41, 5.74) is 2.03. The van der Waals surface area contributed by atoms with Crippen LogP contribution in [0.25, 0.3) is 0 Å². The van der Waals surface area contributed by atoms with Crippen molar-refractivity contribution in [1.82, 2.24) is 0 Å². The Labute approximate surface area is 96.6 Å². The number of rotatable bonds is 2. The van der Waals surface area contributed by atoms with Gasteiger partial charge >= 0.3 is 0 Å². The van der Waals surface area contributed by atoms with E-state index in [0.717, 1.165) is 17.7 Å². The van der Waals surface area contributed by atoms with Crippen molar-refractivity contribution >= 4 is 5.78 Å². The van der Waals surface area contributed by atoms with Crippen molar-refractivity contribution in [2.45, 2.75) is 45.6 Å². The number of ether oxygens (including phenoxy) is 1. The number of hydrogen-bond donors (Lipinski definition) is 0. The van der Waals surface area contributed by atoms with E-state index in [-0.39, 0.29) is 11.9 Å². The fraction of sp³-hybridized carbons (Fsp3) is 0.500. The van der Waals surface area contributed by atoms with E-state index < -0.39 is 0 Å². The third-order valence-corrected chi connectivity index (χ3v) is 3.03. The molecule has 2 heteroatoms. The van der Waals surface area contributed by atoms with Crippen LogP contribution in [0.1, 0.15) is 55.5 Å². The summed E-state index contributed by atoms with van der Waals surface area (Å²) in [6.07, 6.45) is 1.78. The summed E-state index contributed by atoms with van der Waals surface area (Å²) in [5.74, 6) is 1.54. The molecule has 0 spiro atoms. The Morgan fingerprint density at radius 2 is 2.12 bits per heavy atom. The molecule has 0 amide bonds. The molecule has 2 rings (SSSR count). The molecule has 0 saturated heterocycles. The summed E-state index contributed by atoms with van der Waals surface area (Å²) in [7, 11) is 0. The minimum Gasteiger partial charge on any atom is -0.491 e. The minimum atomic E-state index is 0.147. The van der Waals surface area contributed by atoms with Crippen LogP contribution in [0, 0.1) is 0 Å². The van der Waals surface area contributed by atoms with Gasteiger partial charge in [0.2, 0.25) is 0 Å². The van der Waals surface area contributed by atoms with Crippen molar-refractivity contribution in [3.05, 3.63) is 29.3 Å². The quantitative estimate of drug-likeness (QED) is 0.758. The first-order chi connectivity index (χ1) is 7.58. The van der Waals surface area contributed by atoms with Crippen molar-refractivity contribution in [2.24, 2.45) is 0 Å².